The van der Waals surface area contributed by atoms with Crippen molar-refractivity contribution < 1.29 is 4.79 Å². The molecule has 0 aliphatic rings. The summed E-state index contributed by atoms with van der Waals surface area (Å²) in [4.78, 5) is 12.6. The van der Waals surface area contributed by atoms with E-state index in [0.29, 0.717) is 21.2 Å². The minimum Gasteiger partial charge on any atom is -0.292 e. The number of hydrogen-bond acceptors (Lipinski definition) is 2. The second-order valence-corrected chi connectivity index (χ2v) is 5.79. The number of rotatable bonds is 3. The van der Waals surface area contributed by atoms with Crippen LogP contribution in [0.3, 0.4) is 0 Å². The first kappa shape index (κ1) is 15.6. The molecule has 106 valence electrons. The third kappa shape index (κ3) is 3.44. The maximum absolute atomic E-state index is 12.6. The summed E-state index contributed by atoms with van der Waals surface area (Å²) in [6, 6.07) is 12.4. The summed E-state index contributed by atoms with van der Waals surface area (Å²) in [5.41, 5.74) is 3.06. The lowest BCUT2D eigenvalue weighted by Crippen LogP contribution is -2.11. The van der Waals surface area contributed by atoms with E-state index in [-0.39, 0.29) is 5.78 Å². The number of Topliss-reactive ketones (excluding diaryl/α,β-unsaturated/α-hetero) is 1. The monoisotopic (exact) mass is 317 g/mol. The largest absolute Gasteiger partial charge is 0.292 e. The Bertz CT molecular complexity index is 727. The Morgan fingerprint density at radius 3 is 2.19 bits per heavy atom. The first-order valence-corrected chi connectivity index (χ1v) is 7.15. The van der Waals surface area contributed by atoms with Gasteiger partial charge in [0.2, 0.25) is 0 Å². The van der Waals surface area contributed by atoms with Crippen molar-refractivity contribution in [3.05, 3.63) is 68.7 Å². The van der Waals surface area contributed by atoms with Gasteiger partial charge in [-0.2, -0.15) is 5.26 Å². The molecule has 0 spiro atoms. The number of ketones is 1. The Hall–Kier alpha value is -1.82. The Kier molecular flexibility index (Phi) is 4.67. The molecular formula is C17H13Cl2NO. The fourth-order valence-electron chi connectivity index (χ4n) is 2.26. The van der Waals surface area contributed by atoms with Crippen molar-refractivity contribution in [2.45, 2.75) is 19.8 Å². The van der Waals surface area contributed by atoms with Gasteiger partial charge in [-0.15, -0.1) is 0 Å². The van der Waals surface area contributed by atoms with Crippen LogP contribution in [0.25, 0.3) is 0 Å². The minimum absolute atomic E-state index is 0.234. The van der Waals surface area contributed by atoms with Crippen LogP contribution in [0, 0.1) is 25.2 Å². The molecular weight excluding hydrogens is 305 g/mol. The van der Waals surface area contributed by atoms with Crippen LogP contribution in [-0.4, -0.2) is 5.78 Å². The van der Waals surface area contributed by atoms with E-state index in [1.807, 2.05) is 19.9 Å². The van der Waals surface area contributed by atoms with E-state index in [0.717, 1.165) is 11.1 Å². The number of carbonyl (C=O) groups is 1. The molecule has 1 unspecified atom stereocenters. The first-order chi connectivity index (χ1) is 9.92. The van der Waals surface area contributed by atoms with E-state index in [1.165, 1.54) is 0 Å². The number of halogens is 2. The van der Waals surface area contributed by atoms with Crippen LogP contribution in [0.2, 0.25) is 10.0 Å². The predicted octanol–water partition coefficient (Wildman–Crippen LogP) is 5.10. The molecule has 0 saturated heterocycles. The fraction of sp³-hybridized carbons (Fsp3) is 0.176. The van der Waals surface area contributed by atoms with E-state index in [2.05, 4.69) is 6.07 Å². The molecule has 0 heterocycles. The van der Waals surface area contributed by atoms with Crippen LogP contribution >= 0.6 is 23.2 Å². The average Bonchev–Trinajstić information content (AvgIpc) is 2.42. The molecule has 2 nitrogen and oxygen atoms in total. The maximum atomic E-state index is 12.6. The second kappa shape index (κ2) is 6.30. The molecule has 0 N–H and O–H groups in total. The highest BCUT2D eigenvalue weighted by Gasteiger charge is 2.22. The minimum atomic E-state index is -0.888. The standard InChI is InChI=1S/C17H13Cl2NO/c1-10-5-11(2)7-13(6-10)17(21)14(9-20)12-3-4-15(18)16(19)8-12/h3-8,14H,1-2H3. The lowest BCUT2D eigenvalue weighted by atomic mass is 9.90. The van der Waals surface area contributed by atoms with Crippen molar-refractivity contribution in [3.63, 3.8) is 0 Å². The van der Waals surface area contributed by atoms with Crippen molar-refractivity contribution in [1.29, 1.82) is 5.26 Å². The normalized spacial score (nSPS) is 11.8. The highest BCUT2D eigenvalue weighted by molar-refractivity contribution is 6.42. The van der Waals surface area contributed by atoms with E-state index < -0.39 is 5.92 Å². The molecule has 0 amide bonds. The van der Waals surface area contributed by atoms with Crippen LogP contribution in [0.1, 0.15) is 33.0 Å². The quantitative estimate of drug-likeness (QED) is 0.739. The summed E-state index contributed by atoms with van der Waals surface area (Å²) in [5.74, 6) is -1.12. The van der Waals surface area contributed by atoms with Gasteiger partial charge in [-0.05, 0) is 43.7 Å². The van der Waals surface area contributed by atoms with Crippen molar-refractivity contribution in [2.75, 3.05) is 0 Å². The van der Waals surface area contributed by atoms with E-state index in [1.54, 1.807) is 30.3 Å². The number of carbonyl (C=O) groups excluding carboxylic acids is 1. The van der Waals surface area contributed by atoms with Gasteiger partial charge in [-0.25, -0.2) is 0 Å². The molecule has 21 heavy (non-hydrogen) atoms. The molecule has 0 saturated carbocycles. The first-order valence-electron chi connectivity index (χ1n) is 6.39. The molecule has 0 fully saturated rings. The summed E-state index contributed by atoms with van der Waals surface area (Å²) < 4.78 is 0. The smallest absolute Gasteiger partial charge is 0.184 e. The fourth-order valence-corrected chi connectivity index (χ4v) is 2.57. The number of hydrogen-bond donors (Lipinski definition) is 0. The second-order valence-electron chi connectivity index (χ2n) is 4.98. The molecule has 4 heteroatoms. The summed E-state index contributed by atoms with van der Waals surface area (Å²) in [6.07, 6.45) is 0. The van der Waals surface area contributed by atoms with Crippen LogP contribution in [-0.2, 0) is 0 Å². The van der Waals surface area contributed by atoms with Crippen molar-refractivity contribution in [1.82, 2.24) is 0 Å². The topological polar surface area (TPSA) is 40.9 Å². The Labute approximate surface area is 133 Å². The van der Waals surface area contributed by atoms with Crippen LogP contribution in [0.15, 0.2) is 36.4 Å². The molecule has 2 aromatic rings. The zero-order valence-electron chi connectivity index (χ0n) is 11.7. The zero-order chi connectivity index (χ0) is 15.6. The maximum Gasteiger partial charge on any atom is 0.184 e. The SMILES string of the molecule is Cc1cc(C)cc(C(=O)C(C#N)c2ccc(Cl)c(Cl)c2)c1. The third-order valence-corrected chi connectivity index (χ3v) is 3.91. The van der Waals surface area contributed by atoms with Crippen molar-refractivity contribution in [2.24, 2.45) is 0 Å². The lowest BCUT2D eigenvalue weighted by Gasteiger charge is -2.11. The van der Waals surface area contributed by atoms with Crippen LogP contribution in [0.5, 0.6) is 0 Å². The van der Waals surface area contributed by atoms with E-state index >= 15 is 0 Å². The number of aryl methyl sites for hydroxylation is 2. The molecule has 0 aromatic heterocycles. The van der Waals surface area contributed by atoms with E-state index in [4.69, 9.17) is 23.2 Å². The van der Waals surface area contributed by atoms with Crippen molar-refractivity contribution >= 4 is 29.0 Å². The number of nitrogens with zero attached hydrogens (tertiary/aromatic N) is 1. The number of benzene rings is 2. The number of nitriles is 1. The Morgan fingerprint density at radius 1 is 1.05 bits per heavy atom. The van der Waals surface area contributed by atoms with Crippen molar-refractivity contribution in [3.8, 4) is 6.07 Å². The van der Waals surface area contributed by atoms with Gasteiger partial charge in [-0.3, -0.25) is 4.79 Å². The predicted molar refractivity (Wildman–Crippen MR) is 85.1 cm³/mol. The van der Waals surface area contributed by atoms with Gasteiger partial charge in [0.15, 0.2) is 5.78 Å². The van der Waals surface area contributed by atoms with Gasteiger partial charge in [-0.1, -0.05) is 46.5 Å². The highest BCUT2D eigenvalue weighted by atomic mass is 35.5. The average molecular weight is 318 g/mol. The lowest BCUT2D eigenvalue weighted by molar-refractivity contribution is 0.0978. The summed E-state index contributed by atoms with van der Waals surface area (Å²) in [5, 5.41) is 10.1. The third-order valence-electron chi connectivity index (χ3n) is 3.17. The molecule has 0 radical (unpaired) electrons. The zero-order valence-corrected chi connectivity index (χ0v) is 13.2. The Balaban J connectivity index is 2.43. The summed E-state index contributed by atoms with van der Waals surface area (Å²) in [6.45, 7) is 3.84. The molecule has 2 rings (SSSR count). The molecule has 0 bridgehead atoms. The van der Waals surface area contributed by atoms with Gasteiger partial charge in [0.25, 0.3) is 0 Å². The summed E-state index contributed by atoms with van der Waals surface area (Å²) in [7, 11) is 0. The molecule has 2 aromatic carbocycles. The van der Waals surface area contributed by atoms with Crippen LogP contribution < -0.4 is 0 Å². The van der Waals surface area contributed by atoms with Crippen LogP contribution in [0.4, 0.5) is 0 Å². The Morgan fingerprint density at radius 2 is 1.67 bits per heavy atom. The van der Waals surface area contributed by atoms with Gasteiger partial charge in [0.1, 0.15) is 5.92 Å². The highest BCUT2D eigenvalue weighted by Crippen LogP contribution is 2.28. The van der Waals surface area contributed by atoms with Gasteiger partial charge >= 0.3 is 0 Å². The van der Waals surface area contributed by atoms with Gasteiger partial charge in [0.05, 0.1) is 16.1 Å². The molecule has 0 aliphatic carbocycles. The van der Waals surface area contributed by atoms with E-state index in [9.17, 15) is 10.1 Å². The van der Waals surface area contributed by atoms with Gasteiger partial charge in [0, 0.05) is 5.56 Å². The van der Waals surface area contributed by atoms with Gasteiger partial charge < -0.3 is 0 Å². The molecule has 1 atom stereocenters. The molecule has 0 aliphatic heterocycles. The summed E-state index contributed by atoms with van der Waals surface area (Å²) >= 11 is 11.8.